The highest BCUT2D eigenvalue weighted by molar-refractivity contribution is 5.95. The molecule has 0 spiro atoms. The molecule has 1 rings (SSSR count). The number of carbonyl (C=O) groups excluding carboxylic acids is 2. The van der Waals surface area contributed by atoms with Crippen LogP contribution in [0.3, 0.4) is 0 Å². The minimum Gasteiger partial charge on any atom is -0.480 e. The second kappa shape index (κ2) is 6.91. The Hall–Kier alpha value is -3.08. The Bertz CT molecular complexity index is 608. The molecule has 0 aromatic heterocycles. The molecule has 0 aliphatic carbocycles. The van der Waals surface area contributed by atoms with Gasteiger partial charge < -0.3 is 16.2 Å². The Morgan fingerprint density at radius 1 is 1.48 bits per heavy atom. The van der Waals surface area contributed by atoms with Gasteiger partial charge in [-0.3, -0.25) is 9.69 Å². The average Bonchev–Trinajstić information content (AvgIpc) is 2.45. The number of nitrogens with one attached hydrogen (secondary N) is 1. The van der Waals surface area contributed by atoms with E-state index in [-0.39, 0.29) is 0 Å². The number of primary amides is 1. The summed E-state index contributed by atoms with van der Waals surface area (Å²) < 4.78 is 0. The van der Waals surface area contributed by atoms with E-state index in [0.717, 1.165) is 4.90 Å². The van der Waals surface area contributed by atoms with Crippen molar-refractivity contribution >= 4 is 23.6 Å². The van der Waals surface area contributed by atoms with Crippen molar-refractivity contribution in [1.29, 1.82) is 5.26 Å². The predicted octanol–water partition coefficient (Wildman–Crippen LogP) is 0.0327. The first-order chi connectivity index (χ1) is 9.85. The number of aliphatic carboxylic acids is 1. The molecule has 1 aromatic rings. The number of hydrogen-bond donors (Lipinski definition) is 3. The maximum Gasteiger partial charge on any atom is 0.326 e. The third-order valence-electron chi connectivity index (χ3n) is 2.67. The zero-order valence-electron chi connectivity index (χ0n) is 11.2. The molecule has 21 heavy (non-hydrogen) atoms. The Morgan fingerprint density at radius 2 is 2.14 bits per heavy atom. The molecule has 0 heterocycles. The SMILES string of the molecule is CN(C(=O)N[C@H](CC(N)=O)C(=O)O)c1cccc(C#N)c1. The number of carboxylic acid groups (broad SMARTS) is 1. The molecular weight excluding hydrogens is 276 g/mol. The Morgan fingerprint density at radius 3 is 2.67 bits per heavy atom. The van der Waals surface area contributed by atoms with Crippen LogP contribution in [0, 0.1) is 11.3 Å². The molecule has 8 nitrogen and oxygen atoms in total. The van der Waals surface area contributed by atoms with Gasteiger partial charge in [0.2, 0.25) is 5.91 Å². The molecular formula is C13H14N4O4. The lowest BCUT2D eigenvalue weighted by atomic mass is 10.2. The van der Waals surface area contributed by atoms with E-state index in [9.17, 15) is 14.4 Å². The van der Waals surface area contributed by atoms with Gasteiger partial charge in [0.25, 0.3) is 0 Å². The number of carboxylic acids is 1. The smallest absolute Gasteiger partial charge is 0.326 e. The van der Waals surface area contributed by atoms with Crippen LogP contribution in [-0.4, -0.2) is 36.1 Å². The first-order valence-corrected chi connectivity index (χ1v) is 5.90. The molecule has 0 radical (unpaired) electrons. The number of benzene rings is 1. The molecule has 1 atom stereocenters. The molecule has 0 aliphatic heterocycles. The van der Waals surface area contributed by atoms with Crippen LogP contribution in [0.25, 0.3) is 0 Å². The fraction of sp³-hybridized carbons (Fsp3) is 0.231. The van der Waals surface area contributed by atoms with Crippen molar-refractivity contribution in [3.63, 3.8) is 0 Å². The van der Waals surface area contributed by atoms with Gasteiger partial charge in [-0.2, -0.15) is 5.26 Å². The van der Waals surface area contributed by atoms with Gasteiger partial charge >= 0.3 is 12.0 Å². The van der Waals surface area contributed by atoms with E-state index in [1.807, 2.05) is 6.07 Å². The van der Waals surface area contributed by atoms with Crippen LogP contribution in [0.4, 0.5) is 10.5 Å². The fourth-order valence-corrected chi connectivity index (χ4v) is 1.55. The third kappa shape index (κ3) is 4.50. The summed E-state index contributed by atoms with van der Waals surface area (Å²) in [5, 5.41) is 19.9. The molecule has 110 valence electrons. The van der Waals surface area contributed by atoms with Gasteiger partial charge in [0.05, 0.1) is 18.1 Å². The normalized spacial score (nSPS) is 11.0. The second-order valence-corrected chi connectivity index (χ2v) is 4.23. The second-order valence-electron chi connectivity index (χ2n) is 4.23. The van der Waals surface area contributed by atoms with Crippen molar-refractivity contribution in [3.05, 3.63) is 29.8 Å². The van der Waals surface area contributed by atoms with Gasteiger partial charge in [-0.15, -0.1) is 0 Å². The van der Waals surface area contributed by atoms with E-state index < -0.39 is 30.4 Å². The van der Waals surface area contributed by atoms with Crippen molar-refractivity contribution in [1.82, 2.24) is 5.32 Å². The number of anilines is 1. The quantitative estimate of drug-likeness (QED) is 0.702. The Kier molecular flexibility index (Phi) is 5.25. The highest BCUT2D eigenvalue weighted by atomic mass is 16.4. The number of rotatable bonds is 5. The highest BCUT2D eigenvalue weighted by Gasteiger charge is 2.24. The van der Waals surface area contributed by atoms with Crippen LogP contribution in [0.1, 0.15) is 12.0 Å². The summed E-state index contributed by atoms with van der Waals surface area (Å²) in [6, 6.07) is 6.03. The Labute approximate surface area is 120 Å². The van der Waals surface area contributed by atoms with E-state index in [2.05, 4.69) is 5.32 Å². The molecule has 0 saturated heterocycles. The molecule has 8 heteroatoms. The van der Waals surface area contributed by atoms with E-state index in [4.69, 9.17) is 16.1 Å². The van der Waals surface area contributed by atoms with Crippen LogP contribution in [0.2, 0.25) is 0 Å². The first kappa shape index (κ1) is 16.0. The lowest BCUT2D eigenvalue weighted by Gasteiger charge is -2.21. The van der Waals surface area contributed by atoms with Gasteiger partial charge in [0.15, 0.2) is 0 Å². The van der Waals surface area contributed by atoms with Gasteiger partial charge in [-0.1, -0.05) is 6.07 Å². The largest absolute Gasteiger partial charge is 0.480 e. The molecule has 0 unspecified atom stereocenters. The van der Waals surface area contributed by atoms with E-state index in [1.54, 1.807) is 18.2 Å². The highest BCUT2D eigenvalue weighted by Crippen LogP contribution is 2.14. The number of nitrogens with two attached hydrogens (primary N) is 1. The molecule has 0 bridgehead atoms. The number of nitriles is 1. The van der Waals surface area contributed by atoms with Crippen LogP contribution < -0.4 is 16.0 Å². The number of carbonyl (C=O) groups is 3. The molecule has 0 aliphatic rings. The molecule has 3 amide bonds. The van der Waals surface area contributed by atoms with E-state index in [0.29, 0.717) is 11.3 Å². The lowest BCUT2D eigenvalue weighted by Crippen LogP contribution is -2.48. The lowest BCUT2D eigenvalue weighted by molar-refractivity contribution is -0.140. The van der Waals surface area contributed by atoms with E-state index >= 15 is 0 Å². The maximum absolute atomic E-state index is 12.0. The number of nitrogens with zero attached hydrogens (tertiary/aromatic N) is 2. The average molecular weight is 290 g/mol. The first-order valence-electron chi connectivity index (χ1n) is 5.90. The minimum atomic E-state index is -1.41. The Balaban J connectivity index is 2.84. The predicted molar refractivity (Wildman–Crippen MR) is 73.3 cm³/mol. The number of urea groups is 1. The maximum atomic E-state index is 12.0. The standard InChI is InChI=1S/C13H14N4O4/c1-17(9-4-2-3-8(5-9)7-14)13(21)16-10(12(19)20)6-11(15)18/h2-5,10H,6H2,1H3,(H2,15,18)(H,16,21)(H,19,20)/t10-/m1/s1. The van der Waals surface area contributed by atoms with Crippen LogP contribution >= 0.6 is 0 Å². The van der Waals surface area contributed by atoms with Crippen molar-refractivity contribution in [2.24, 2.45) is 5.73 Å². The minimum absolute atomic E-state index is 0.360. The summed E-state index contributed by atoms with van der Waals surface area (Å²) in [6.45, 7) is 0. The van der Waals surface area contributed by atoms with Crippen LogP contribution in [0.5, 0.6) is 0 Å². The topological polar surface area (TPSA) is 137 Å². The molecule has 1 aromatic carbocycles. The summed E-state index contributed by atoms with van der Waals surface area (Å²) in [7, 11) is 1.41. The molecule has 0 fully saturated rings. The molecule has 0 saturated carbocycles. The third-order valence-corrected chi connectivity index (χ3v) is 2.67. The van der Waals surface area contributed by atoms with Crippen molar-refractivity contribution in [3.8, 4) is 6.07 Å². The summed E-state index contributed by atoms with van der Waals surface area (Å²) in [5.74, 6) is -2.20. The molecule has 4 N–H and O–H groups in total. The summed E-state index contributed by atoms with van der Waals surface area (Å²) in [5.41, 5.74) is 5.70. The van der Waals surface area contributed by atoms with E-state index in [1.165, 1.54) is 13.1 Å². The van der Waals surface area contributed by atoms with Crippen LogP contribution in [0.15, 0.2) is 24.3 Å². The number of hydrogen-bond acceptors (Lipinski definition) is 4. The fourth-order valence-electron chi connectivity index (χ4n) is 1.55. The monoisotopic (exact) mass is 290 g/mol. The zero-order valence-corrected chi connectivity index (χ0v) is 11.2. The van der Waals surface area contributed by atoms with Crippen molar-refractivity contribution in [2.45, 2.75) is 12.5 Å². The number of amides is 3. The van der Waals surface area contributed by atoms with Crippen molar-refractivity contribution < 1.29 is 19.5 Å². The van der Waals surface area contributed by atoms with Crippen LogP contribution in [-0.2, 0) is 9.59 Å². The zero-order chi connectivity index (χ0) is 16.0. The van der Waals surface area contributed by atoms with Gasteiger partial charge in [0, 0.05) is 12.7 Å². The van der Waals surface area contributed by atoms with Gasteiger partial charge in [0.1, 0.15) is 6.04 Å². The summed E-state index contributed by atoms with van der Waals surface area (Å²) >= 11 is 0. The van der Waals surface area contributed by atoms with Gasteiger partial charge in [-0.05, 0) is 18.2 Å². The summed E-state index contributed by atoms with van der Waals surface area (Å²) in [4.78, 5) is 34.8. The summed E-state index contributed by atoms with van der Waals surface area (Å²) in [6.07, 6.45) is -0.507. The van der Waals surface area contributed by atoms with Gasteiger partial charge in [-0.25, -0.2) is 9.59 Å². The van der Waals surface area contributed by atoms with Crippen molar-refractivity contribution in [2.75, 3.05) is 11.9 Å².